The fraction of sp³-hybridized carbons (Fsp3) is 0.0667. The van der Waals surface area contributed by atoms with Crippen molar-refractivity contribution in [2.75, 3.05) is 5.32 Å². The van der Waals surface area contributed by atoms with Crippen molar-refractivity contribution < 1.29 is 9.53 Å². The number of hydrogen-bond acceptors (Lipinski definition) is 6. The number of aromatic nitrogens is 3. The average Bonchev–Trinajstić information content (AvgIpc) is 3.07. The molecule has 0 fully saturated rings. The van der Waals surface area contributed by atoms with Gasteiger partial charge < -0.3 is 4.74 Å². The van der Waals surface area contributed by atoms with E-state index in [4.69, 9.17) is 4.74 Å². The van der Waals surface area contributed by atoms with Crippen LogP contribution in [0.4, 0.5) is 5.13 Å². The second kappa shape index (κ2) is 6.77. The summed E-state index contributed by atoms with van der Waals surface area (Å²) in [4.78, 5) is 16.2. The van der Waals surface area contributed by atoms with Crippen molar-refractivity contribution in [3.63, 3.8) is 0 Å². The zero-order chi connectivity index (χ0) is 15.2. The molecular formula is C15H12N4O2S. The highest BCUT2D eigenvalue weighted by Crippen LogP contribution is 2.12. The lowest BCUT2D eigenvalue weighted by atomic mass is 10.2. The van der Waals surface area contributed by atoms with Gasteiger partial charge >= 0.3 is 0 Å². The van der Waals surface area contributed by atoms with E-state index < -0.39 is 0 Å². The van der Waals surface area contributed by atoms with E-state index >= 15 is 0 Å². The first kappa shape index (κ1) is 14.2. The number of carbonyl (C=O) groups excluding carboxylic acids is 1. The van der Waals surface area contributed by atoms with Crippen molar-refractivity contribution in [1.82, 2.24) is 15.2 Å². The van der Waals surface area contributed by atoms with Crippen molar-refractivity contribution >= 4 is 22.4 Å². The van der Waals surface area contributed by atoms with Crippen LogP contribution in [0.1, 0.15) is 16.1 Å². The molecule has 0 saturated heterocycles. The Morgan fingerprint density at radius 1 is 1.18 bits per heavy atom. The van der Waals surface area contributed by atoms with Crippen LogP contribution in [-0.4, -0.2) is 21.1 Å². The van der Waals surface area contributed by atoms with Gasteiger partial charge in [-0.2, -0.15) is 0 Å². The molecule has 110 valence electrons. The van der Waals surface area contributed by atoms with E-state index in [0.717, 1.165) is 11.4 Å². The lowest BCUT2D eigenvalue weighted by Crippen LogP contribution is -2.12. The van der Waals surface area contributed by atoms with Gasteiger partial charge in [-0.05, 0) is 24.3 Å². The van der Waals surface area contributed by atoms with Gasteiger partial charge in [-0.15, -0.1) is 10.2 Å². The third-order valence-corrected chi connectivity index (χ3v) is 3.40. The lowest BCUT2D eigenvalue weighted by Gasteiger charge is -2.06. The Bertz CT molecular complexity index is 730. The van der Waals surface area contributed by atoms with Crippen molar-refractivity contribution in [1.29, 1.82) is 0 Å². The quantitative estimate of drug-likeness (QED) is 0.784. The Morgan fingerprint density at radius 3 is 2.73 bits per heavy atom. The third kappa shape index (κ3) is 3.64. The van der Waals surface area contributed by atoms with E-state index in [0.29, 0.717) is 17.3 Å². The summed E-state index contributed by atoms with van der Waals surface area (Å²) in [6.45, 7) is 0.350. The van der Waals surface area contributed by atoms with E-state index in [1.54, 1.807) is 17.6 Å². The highest BCUT2D eigenvalue weighted by Gasteiger charge is 2.08. The highest BCUT2D eigenvalue weighted by molar-refractivity contribution is 7.13. The Labute approximate surface area is 130 Å². The Balaban J connectivity index is 1.59. The zero-order valence-corrected chi connectivity index (χ0v) is 12.3. The summed E-state index contributed by atoms with van der Waals surface area (Å²) in [6.07, 6.45) is 1.51. The summed E-state index contributed by atoms with van der Waals surface area (Å²) in [5.74, 6) is 0.516. The number of anilines is 1. The summed E-state index contributed by atoms with van der Waals surface area (Å²) >= 11 is 1.26. The molecule has 0 aliphatic heterocycles. The molecule has 0 bridgehead atoms. The first-order valence-corrected chi connectivity index (χ1v) is 7.39. The normalized spacial score (nSPS) is 10.2. The van der Waals surface area contributed by atoms with Gasteiger partial charge in [0.05, 0.1) is 11.3 Å². The van der Waals surface area contributed by atoms with Gasteiger partial charge in [-0.25, -0.2) is 0 Å². The number of carbonyl (C=O) groups is 1. The monoisotopic (exact) mass is 312 g/mol. The molecule has 2 aromatic heterocycles. The van der Waals surface area contributed by atoms with E-state index in [9.17, 15) is 4.79 Å². The van der Waals surface area contributed by atoms with Gasteiger partial charge in [0.1, 0.15) is 17.9 Å². The maximum atomic E-state index is 12.0. The lowest BCUT2D eigenvalue weighted by molar-refractivity contribution is 0.102. The predicted octanol–water partition coefficient (Wildman–Crippen LogP) is 2.76. The largest absolute Gasteiger partial charge is 0.487 e. The maximum Gasteiger partial charge on any atom is 0.259 e. The molecule has 7 heteroatoms. The van der Waals surface area contributed by atoms with Crippen LogP contribution >= 0.6 is 11.3 Å². The minimum atomic E-state index is -0.264. The number of nitrogens with zero attached hydrogens (tertiary/aromatic N) is 3. The van der Waals surface area contributed by atoms with Gasteiger partial charge in [-0.1, -0.05) is 29.5 Å². The molecule has 0 spiro atoms. The topological polar surface area (TPSA) is 77.0 Å². The highest BCUT2D eigenvalue weighted by atomic mass is 32.1. The molecule has 1 aromatic carbocycles. The molecule has 1 amide bonds. The second-order valence-corrected chi connectivity index (χ2v) is 5.17. The van der Waals surface area contributed by atoms with Crippen LogP contribution in [0.5, 0.6) is 5.75 Å². The molecule has 0 unspecified atom stereocenters. The molecule has 2 heterocycles. The van der Waals surface area contributed by atoms with E-state index in [1.807, 2.05) is 30.3 Å². The molecule has 0 saturated carbocycles. The van der Waals surface area contributed by atoms with E-state index in [-0.39, 0.29) is 5.91 Å². The van der Waals surface area contributed by atoms with E-state index in [2.05, 4.69) is 20.5 Å². The third-order valence-electron chi connectivity index (χ3n) is 2.80. The SMILES string of the molecule is O=C(Nc1nncs1)c1ccc(COc2ccccc2)nc1. The van der Waals surface area contributed by atoms with E-state index in [1.165, 1.54) is 17.5 Å². The zero-order valence-electron chi connectivity index (χ0n) is 11.5. The van der Waals surface area contributed by atoms with Crippen LogP contribution in [0, 0.1) is 0 Å². The fourth-order valence-electron chi connectivity index (χ4n) is 1.72. The number of hydrogen-bond donors (Lipinski definition) is 1. The molecule has 6 nitrogen and oxygen atoms in total. The summed E-state index contributed by atoms with van der Waals surface area (Å²) in [6, 6.07) is 13.0. The van der Waals surface area contributed by atoms with Crippen LogP contribution in [-0.2, 0) is 6.61 Å². The molecule has 0 radical (unpaired) electrons. The van der Waals surface area contributed by atoms with Crippen molar-refractivity contribution in [2.45, 2.75) is 6.61 Å². The predicted molar refractivity (Wildman–Crippen MR) is 82.9 cm³/mol. The van der Waals surface area contributed by atoms with Crippen molar-refractivity contribution in [3.8, 4) is 5.75 Å². The molecule has 1 N–H and O–H groups in total. The van der Waals surface area contributed by atoms with Crippen molar-refractivity contribution in [3.05, 3.63) is 65.4 Å². The minimum absolute atomic E-state index is 0.264. The number of nitrogens with one attached hydrogen (secondary N) is 1. The summed E-state index contributed by atoms with van der Waals surface area (Å²) in [5, 5.41) is 10.5. The fourth-order valence-corrected chi connectivity index (χ4v) is 2.16. The van der Waals surface area contributed by atoms with Gasteiger partial charge in [0.2, 0.25) is 5.13 Å². The Morgan fingerprint density at radius 2 is 2.05 bits per heavy atom. The summed E-state index contributed by atoms with van der Waals surface area (Å²) < 4.78 is 5.60. The number of rotatable bonds is 5. The van der Waals surface area contributed by atoms with Gasteiger partial charge in [0.15, 0.2) is 0 Å². The standard InChI is InChI=1S/C15H12N4O2S/c20-14(18-15-19-17-10-22-15)11-6-7-12(16-8-11)9-21-13-4-2-1-3-5-13/h1-8,10H,9H2,(H,18,19,20). The molecule has 0 atom stereocenters. The smallest absolute Gasteiger partial charge is 0.259 e. The van der Waals surface area contributed by atoms with Crippen LogP contribution in [0.15, 0.2) is 54.2 Å². The molecule has 22 heavy (non-hydrogen) atoms. The number of para-hydroxylation sites is 1. The molecular weight excluding hydrogens is 300 g/mol. The van der Waals surface area contributed by atoms with Crippen LogP contribution in [0.3, 0.4) is 0 Å². The Kier molecular flexibility index (Phi) is 4.35. The number of ether oxygens (including phenoxy) is 1. The Hall–Kier alpha value is -2.80. The second-order valence-electron chi connectivity index (χ2n) is 4.34. The summed E-state index contributed by atoms with van der Waals surface area (Å²) in [7, 11) is 0. The van der Waals surface area contributed by atoms with Crippen LogP contribution in [0.25, 0.3) is 0 Å². The molecule has 3 rings (SSSR count). The van der Waals surface area contributed by atoms with Crippen molar-refractivity contribution in [2.24, 2.45) is 0 Å². The van der Waals surface area contributed by atoms with Gasteiger partial charge in [0, 0.05) is 6.20 Å². The van der Waals surface area contributed by atoms with Crippen LogP contribution in [0.2, 0.25) is 0 Å². The number of amides is 1. The average molecular weight is 312 g/mol. The number of pyridine rings is 1. The molecule has 0 aliphatic carbocycles. The van der Waals surface area contributed by atoms with Gasteiger partial charge in [0.25, 0.3) is 5.91 Å². The first-order valence-electron chi connectivity index (χ1n) is 6.51. The van der Waals surface area contributed by atoms with Gasteiger partial charge in [-0.3, -0.25) is 15.1 Å². The molecule has 0 aliphatic rings. The summed E-state index contributed by atoms with van der Waals surface area (Å²) in [5.41, 5.74) is 2.76. The molecule has 3 aromatic rings. The first-order chi connectivity index (χ1) is 10.8. The number of benzene rings is 1. The maximum absolute atomic E-state index is 12.0. The minimum Gasteiger partial charge on any atom is -0.487 e. The van der Waals surface area contributed by atoms with Crippen LogP contribution < -0.4 is 10.1 Å².